The van der Waals surface area contributed by atoms with Gasteiger partial charge in [-0.2, -0.15) is 9.49 Å². The highest BCUT2D eigenvalue weighted by Gasteiger charge is 2.29. The summed E-state index contributed by atoms with van der Waals surface area (Å²) in [5, 5.41) is 13.3. The number of pyridine rings is 1. The van der Waals surface area contributed by atoms with Crippen molar-refractivity contribution in [3.8, 4) is 11.3 Å². The van der Waals surface area contributed by atoms with Crippen LogP contribution in [0.4, 0.5) is 10.2 Å². The van der Waals surface area contributed by atoms with Crippen molar-refractivity contribution >= 4 is 11.7 Å². The van der Waals surface area contributed by atoms with Crippen LogP contribution in [0.15, 0.2) is 12.1 Å². The van der Waals surface area contributed by atoms with Crippen LogP contribution in [0.2, 0.25) is 0 Å². The van der Waals surface area contributed by atoms with E-state index >= 15 is 0 Å². The van der Waals surface area contributed by atoms with Crippen molar-refractivity contribution in [1.29, 1.82) is 0 Å². The third-order valence-corrected chi connectivity index (χ3v) is 5.10. The molecule has 7 heteroatoms. The molecule has 1 unspecified atom stereocenters. The van der Waals surface area contributed by atoms with E-state index in [-0.39, 0.29) is 17.4 Å². The molecular formula is C18H22FN5O. The van der Waals surface area contributed by atoms with E-state index in [1.807, 2.05) is 0 Å². The smallest absolute Gasteiger partial charge is 0.242 e. The van der Waals surface area contributed by atoms with E-state index in [1.165, 1.54) is 6.07 Å². The van der Waals surface area contributed by atoms with Gasteiger partial charge in [-0.15, -0.1) is 0 Å². The Balaban J connectivity index is 1.65. The van der Waals surface area contributed by atoms with E-state index in [1.54, 1.807) is 6.07 Å². The predicted octanol–water partition coefficient (Wildman–Crippen LogP) is 2.43. The molecule has 4 rings (SSSR count). The first-order chi connectivity index (χ1) is 11.9. The second kappa shape index (κ2) is 5.82. The molecule has 3 heterocycles. The second-order valence-corrected chi connectivity index (χ2v) is 7.71. The van der Waals surface area contributed by atoms with Gasteiger partial charge in [0.15, 0.2) is 0 Å². The van der Waals surface area contributed by atoms with Gasteiger partial charge in [-0.1, -0.05) is 13.8 Å². The van der Waals surface area contributed by atoms with Gasteiger partial charge in [0, 0.05) is 29.4 Å². The second-order valence-electron chi connectivity index (χ2n) is 7.71. The quantitative estimate of drug-likeness (QED) is 0.748. The number of H-pyrrole nitrogens is 1. The maximum Gasteiger partial charge on any atom is 0.242 e. The van der Waals surface area contributed by atoms with Gasteiger partial charge < -0.3 is 10.6 Å². The lowest BCUT2D eigenvalue weighted by molar-refractivity contribution is -0.119. The molecule has 1 saturated heterocycles. The maximum atomic E-state index is 14.1. The molecule has 1 aliphatic heterocycles. The van der Waals surface area contributed by atoms with Crippen LogP contribution in [-0.2, 0) is 17.6 Å². The summed E-state index contributed by atoms with van der Waals surface area (Å²) in [6.07, 6.45) is 3.61. The molecule has 1 atom stereocenters. The summed E-state index contributed by atoms with van der Waals surface area (Å²) in [6, 6.07) is 2.80. The number of fused-ring (bicyclic) bond motifs is 1. The zero-order valence-corrected chi connectivity index (χ0v) is 14.4. The number of nitrogens with zero attached hydrogens (tertiary/aromatic N) is 2. The van der Waals surface area contributed by atoms with E-state index in [4.69, 9.17) is 0 Å². The molecule has 0 bridgehead atoms. The summed E-state index contributed by atoms with van der Waals surface area (Å²) in [4.78, 5) is 15.6. The van der Waals surface area contributed by atoms with Crippen molar-refractivity contribution in [2.45, 2.75) is 45.6 Å². The number of rotatable bonds is 3. The summed E-state index contributed by atoms with van der Waals surface area (Å²) < 4.78 is 14.1. The summed E-state index contributed by atoms with van der Waals surface area (Å²) >= 11 is 0. The number of hydrogen-bond donors (Lipinski definition) is 3. The van der Waals surface area contributed by atoms with Crippen molar-refractivity contribution in [3.63, 3.8) is 0 Å². The Morgan fingerprint density at radius 1 is 1.36 bits per heavy atom. The fraction of sp³-hybridized carbons (Fsp3) is 0.500. The van der Waals surface area contributed by atoms with E-state index in [0.717, 1.165) is 36.2 Å². The first-order valence-corrected chi connectivity index (χ1v) is 8.70. The normalized spacial score (nSPS) is 21.7. The number of aromatic amines is 1. The minimum Gasteiger partial charge on any atom is -0.358 e. The number of anilines is 1. The largest absolute Gasteiger partial charge is 0.358 e. The van der Waals surface area contributed by atoms with Crippen LogP contribution in [-0.4, -0.2) is 33.7 Å². The Morgan fingerprint density at radius 2 is 2.20 bits per heavy atom. The van der Waals surface area contributed by atoms with Crippen LogP contribution in [0.25, 0.3) is 11.3 Å². The van der Waals surface area contributed by atoms with Crippen molar-refractivity contribution in [2.24, 2.45) is 5.41 Å². The van der Waals surface area contributed by atoms with Crippen LogP contribution in [0.1, 0.15) is 37.9 Å². The standard InChI is InChI=1S/C18H22FN5O/c1-18(2)5-3-11-13(9-18)23-24-16(11)10-7-14(19)22-15(8-10)21-12-4-6-20-17(12)25/h7-8,12H,3-6,9H2,1-2H3,(H,20,25)(H,21,22)(H,23,24). The van der Waals surface area contributed by atoms with Gasteiger partial charge >= 0.3 is 0 Å². The van der Waals surface area contributed by atoms with Crippen molar-refractivity contribution in [1.82, 2.24) is 20.5 Å². The number of carbonyl (C=O) groups excluding carboxylic acids is 1. The van der Waals surface area contributed by atoms with Crippen LogP contribution < -0.4 is 10.6 Å². The topological polar surface area (TPSA) is 82.7 Å². The van der Waals surface area contributed by atoms with Crippen molar-refractivity contribution in [2.75, 3.05) is 11.9 Å². The first kappa shape index (κ1) is 16.1. The number of amides is 1. The van der Waals surface area contributed by atoms with Crippen molar-refractivity contribution in [3.05, 3.63) is 29.3 Å². The fourth-order valence-corrected chi connectivity index (χ4v) is 3.70. The lowest BCUT2D eigenvalue weighted by atomic mass is 9.76. The van der Waals surface area contributed by atoms with Crippen LogP contribution in [0, 0.1) is 11.4 Å². The lowest BCUT2D eigenvalue weighted by Gasteiger charge is -2.29. The molecular weight excluding hydrogens is 321 g/mol. The minimum atomic E-state index is -0.578. The van der Waals surface area contributed by atoms with E-state index < -0.39 is 5.95 Å². The molecule has 3 N–H and O–H groups in total. The average Bonchev–Trinajstić information content (AvgIpc) is 3.12. The van der Waals surface area contributed by atoms with Crippen LogP contribution >= 0.6 is 0 Å². The molecule has 25 heavy (non-hydrogen) atoms. The molecule has 0 aromatic carbocycles. The van der Waals surface area contributed by atoms with E-state index in [0.29, 0.717) is 24.3 Å². The maximum absolute atomic E-state index is 14.1. The zero-order chi connectivity index (χ0) is 17.6. The highest BCUT2D eigenvalue weighted by atomic mass is 19.1. The molecule has 1 aliphatic carbocycles. The molecule has 2 aliphatic rings. The van der Waals surface area contributed by atoms with Gasteiger partial charge in [0.05, 0.1) is 5.69 Å². The monoisotopic (exact) mass is 343 g/mol. The highest BCUT2D eigenvalue weighted by Crippen LogP contribution is 2.38. The van der Waals surface area contributed by atoms with Gasteiger partial charge in [-0.3, -0.25) is 9.89 Å². The molecule has 2 aromatic heterocycles. The number of carbonyl (C=O) groups is 1. The number of nitrogens with one attached hydrogen (secondary N) is 3. The van der Waals surface area contributed by atoms with Gasteiger partial charge in [0.2, 0.25) is 11.9 Å². The molecule has 1 fully saturated rings. The van der Waals surface area contributed by atoms with Crippen LogP contribution in [0.3, 0.4) is 0 Å². The Labute approximate surface area is 145 Å². The molecule has 1 amide bonds. The summed E-state index contributed by atoms with van der Waals surface area (Å²) in [7, 11) is 0. The SMILES string of the molecule is CC1(C)CCc2c(-c3cc(F)nc(NC4CCNC4=O)c3)n[nH]c2C1. The molecule has 132 valence electrons. The highest BCUT2D eigenvalue weighted by molar-refractivity contribution is 5.86. The Morgan fingerprint density at radius 3 is 2.96 bits per heavy atom. The molecule has 0 spiro atoms. The number of halogens is 1. The van der Waals surface area contributed by atoms with Gasteiger partial charge in [0.25, 0.3) is 0 Å². The van der Waals surface area contributed by atoms with Gasteiger partial charge in [-0.05, 0) is 37.2 Å². The van der Waals surface area contributed by atoms with Crippen molar-refractivity contribution < 1.29 is 9.18 Å². The lowest BCUT2D eigenvalue weighted by Crippen LogP contribution is -2.29. The third kappa shape index (κ3) is 3.10. The van der Waals surface area contributed by atoms with E-state index in [9.17, 15) is 9.18 Å². The molecule has 6 nitrogen and oxygen atoms in total. The first-order valence-electron chi connectivity index (χ1n) is 8.70. The molecule has 0 radical (unpaired) electrons. The average molecular weight is 343 g/mol. The van der Waals surface area contributed by atoms with Gasteiger partial charge in [0.1, 0.15) is 11.9 Å². The van der Waals surface area contributed by atoms with Gasteiger partial charge in [-0.25, -0.2) is 4.98 Å². The number of aromatic nitrogens is 3. The Bertz CT molecular complexity index is 829. The number of hydrogen-bond acceptors (Lipinski definition) is 4. The minimum absolute atomic E-state index is 0.0769. The third-order valence-electron chi connectivity index (χ3n) is 5.10. The fourth-order valence-electron chi connectivity index (χ4n) is 3.70. The Kier molecular flexibility index (Phi) is 3.74. The molecule has 0 saturated carbocycles. The molecule has 2 aromatic rings. The van der Waals surface area contributed by atoms with Crippen LogP contribution in [0.5, 0.6) is 0 Å². The zero-order valence-electron chi connectivity index (χ0n) is 14.4. The summed E-state index contributed by atoms with van der Waals surface area (Å²) in [5.74, 6) is -0.289. The van der Waals surface area contributed by atoms with E-state index in [2.05, 4.69) is 39.7 Å². The predicted molar refractivity (Wildman–Crippen MR) is 92.6 cm³/mol. The summed E-state index contributed by atoms with van der Waals surface area (Å²) in [6.45, 7) is 5.12. The Hall–Kier alpha value is -2.44. The summed E-state index contributed by atoms with van der Waals surface area (Å²) in [5.41, 5.74) is 4.02.